The average Bonchev–Trinajstić information content (AvgIpc) is 2.90. The molecule has 0 spiro atoms. The smallest absolute Gasteiger partial charge is 0.357 e. The number of hydrogen-bond donors (Lipinski definition) is 0. The summed E-state index contributed by atoms with van der Waals surface area (Å²) >= 11 is 1.42. The van der Waals surface area contributed by atoms with Gasteiger partial charge >= 0.3 is 5.97 Å². The van der Waals surface area contributed by atoms with E-state index < -0.39 is 0 Å². The Bertz CT molecular complexity index is 548. The second-order valence-corrected chi connectivity index (χ2v) is 4.57. The first kappa shape index (κ1) is 13.5. The predicted octanol–water partition coefficient (Wildman–Crippen LogP) is 3.39. The molecule has 1 heterocycles. The molecule has 0 radical (unpaired) electrons. The molecule has 0 fully saturated rings. The summed E-state index contributed by atoms with van der Waals surface area (Å²) in [6.45, 7) is 4.72. The molecule has 0 N–H and O–H groups in total. The van der Waals surface area contributed by atoms with Gasteiger partial charge in [0.1, 0.15) is 10.8 Å². The zero-order valence-corrected chi connectivity index (χ0v) is 11.7. The highest BCUT2D eigenvalue weighted by atomic mass is 32.1. The number of rotatable bonds is 5. The van der Waals surface area contributed by atoms with Gasteiger partial charge in [-0.15, -0.1) is 11.3 Å². The third kappa shape index (κ3) is 3.32. The van der Waals surface area contributed by atoms with E-state index in [0.29, 0.717) is 18.9 Å². The van der Waals surface area contributed by atoms with Crippen LogP contribution in [0.1, 0.15) is 24.3 Å². The fraction of sp³-hybridized carbons (Fsp3) is 0.286. The molecule has 2 rings (SSSR count). The summed E-state index contributed by atoms with van der Waals surface area (Å²) in [5.74, 6) is 0.448. The van der Waals surface area contributed by atoms with Gasteiger partial charge in [-0.3, -0.25) is 0 Å². The topological polar surface area (TPSA) is 48.4 Å². The molecule has 0 amide bonds. The van der Waals surface area contributed by atoms with Crippen LogP contribution in [0, 0.1) is 0 Å². The summed E-state index contributed by atoms with van der Waals surface area (Å²) in [5, 5.41) is 2.51. The molecule has 0 aliphatic rings. The van der Waals surface area contributed by atoms with Crippen LogP contribution in [0.5, 0.6) is 5.75 Å². The molecule has 1 aromatic carbocycles. The van der Waals surface area contributed by atoms with Crippen LogP contribution in [0.3, 0.4) is 0 Å². The van der Waals surface area contributed by atoms with Crippen molar-refractivity contribution in [3.05, 3.63) is 35.3 Å². The normalized spacial score (nSPS) is 10.2. The molecule has 100 valence electrons. The summed E-state index contributed by atoms with van der Waals surface area (Å²) in [7, 11) is 0. The summed E-state index contributed by atoms with van der Waals surface area (Å²) < 4.78 is 10.3. The minimum absolute atomic E-state index is 0.356. The minimum atomic E-state index is -0.379. The molecule has 0 saturated carbocycles. The van der Waals surface area contributed by atoms with E-state index in [1.807, 2.05) is 31.2 Å². The number of benzene rings is 1. The maximum Gasteiger partial charge on any atom is 0.357 e. The number of nitrogens with zero attached hydrogens (tertiary/aromatic N) is 1. The van der Waals surface area contributed by atoms with E-state index in [1.165, 1.54) is 11.3 Å². The molecule has 4 nitrogen and oxygen atoms in total. The average molecular weight is 277 g/mol. The first-order chi connectivity index (χ1) is 9.24. The number of thiazole rings is 1. The molecule has 19 heavy (non-hydrogen) atoms. The monoisotopic (exact) mass is 277 g/mol. The Morgan fingerprint density at radius 2 is 1.95 bits per heavy atom. The Balaban J connectivity index is 2.15. The maximum absolute atomic E-state index is 11.5. The molecule has 1 aromatic heterocycles. The lowest BCUT2D eigenvalue weighted by atomic mass is 10.2. The molecular weight excluding hydrogens is 262 g/mol. The van der Waals surface area contributed by atoms with E-state index in [0.717, 1.165) is 16.3 Å². The Morgan fingerprint density at radius 1 is 1.21 bits per heavy atom. The van der Waals surface area contributed by atoms with Crippen molar-refractivity contribution >= 4 is 17.3 Å². The van der Waals surface area contributed by atoms with Gasteiger partial charge in [0, 0.05) is 10.9 Å². The van der Waals surface area contributed by atoms with Crippen LogP contribution in [0.4, 0.5) is 0 Å². The highest BCUT2D eigenvalue weighted by Gasteiger charge is 2.12. The van der Waals surface area contributed by atoms with Gasteiger partial charge in [0.05, 0.1) is 13.2 Å². The van der Waals surface area contributed by atoms with Crippen molar-refractivity contribution in [3.63, 3.8) is 0 Å². The van der Waals surface area contributed by atoms with Crippen molar-refractivity contribution in [2.45, 2.75) is 13.8 Å². The highest BCUT2D eigenvalue weighted by molar-refractivity contribution is 7.13. The van der Waals surface area contributed by atoms with Crippen molar-refractivity contribution < 1.29 is 14.3 Å². The predicted molar refractivity (Wildman–Crippen MR) is 74.7 cm³/mol. The van der Waals surface area contributed by atoms with Gasteiger partial charge in [0.15, 0.2) is 5.69 Å². The van der Waals surface area contributed by atoms with Gasteiger partial charge in [-0.2, -0.15) is 0 Å². The van der Waals surface area contributed by atoms with Gasteiger partial charge in [-0.25, -0.2) is 9.78 Å². The number of aromatic nitrogens is 1. The summed E-state index contributed by atoms with van der Waals surface area (Å²) in [5.41, 5.74) is 1.32. The van der Waals surface area contributed by atoms with Gasteiger partial charge in [0.25, 0.3) is 0 Å². The third-order valence-electron chi connectivity index (χ3n) is 2.40. The van der Waals surface area contributed by atoms with Crippen molar-refractivity contribution in [2.75, 3.05) is 13.2 Å². The molecule has 0 unspecified atom stereocenters. The standard InChI is InChI=1S/C14H15NO3S/c1-3-17-11-7-5-10(6-8-11)13-15-12(9-19-13)14(16)18-4-2/h5-9H,3-4H2,1-2H3. The second kappa shape index (κ2) is 6.33. The fourth-order valence-corrected chi connectivity index (χ4v) is 2.36. The molecule has 0 atom stereocenters. The molecular formula is C14H15NO3S. The van der Waals surface area contributed by atoms with Crippen LogP contribution in [-0.4, -0.2) is 24.2 Å². The van der Waals surface area contributed by atoms with Crippen LogP contribution in [0.2, 0.25) is 0 Å². The Labute approximate surface area is 116 Å². The van der Waals surface area contributed by atoms with Crippen LogP contribution in [-0.2, 0) is 4.74 Å². The molecule has 2 aromatic rings. The van der Waals surface area contributed by atoms with Gasteiger partial charge in [0.2, 0.25) is 0 Å². The fourth-order valence-electron chi connectivity index (χ4n) is 1.57. The number of ether oxygens (including phenoxy) is 2. The first-order valence-electron chi connectivity index (χ1n) is 6.10. The van der Waals surface area contributed by atoms with E-state index in [-0.39, 0.29) is 5.97 Å². The van der Waals surface area contributed by atoms with E-state index in [2.05, 4.69) is 4.98 Å². The largest absolute Gasteiger partial charge is 0.494 e. The third-order valence-corrected chi connectivity index (χ3v) is 3.29. The van der Waals surface area contributed by atoms with E-state index in [9.17, 15) is 4.79 Å². The number of esters is 1. The van der Waals surface area contributed by atoms with E-state index in [1.54, 1.807) is 12.3 Å². The van der Waals surface area contributed by atoms with Gasteiger partial charge in [-0.1, -0.05) is 0 Å². The lowest BCUT2D eigenvalue weighted by molar-refractivity contribution is 0.0520. The lowest BCUT2D eigenvalue weighted by Gasteiger charge is -2.02. The van der Waals surface area contributed by atoms with Crippen molar-refractivity contribution in [3.8, 4) is 16.3 Å². The van der Waals surface area contributed by atoms with Crippen molar-refractivity contribution in [2.24, 2.45) is 0 Å². The van der Waals surface area contributed by atoms with Crippen LogP contribution in [0.25, 0.3) is 10.6 Å². The molecule has 0 aliphatic carbocycles. The Morgan fingerprint density at radius 3 is 2.58 bits per heavy atom. The van der Waals surface area contributed by atoms with Crippen LogP contribution >= 0.6 is 11.3 Å². The van der Waals surface area contributed by atoms with E-state index in [4.69, 9.17) is 9.47 Å². The minimum Gasteiger partial charge on any atom is -0.494 e. The van der Waals surface area contributed by atoms with Crippen LogP contribution < -0.4 is 4.74 Å². The van der Waals surface area contributed by atoms with Gasteiger partial charge < -0.3 is 9.47 Å². The number of carbonyl (C=O) groups is 1. The first-order valence-corrected chi connectivity index (χ1v) is 6.98. The molecule has 0 aliphatic heterocycles. The number of carbonyl (C=O) groups excluding carboxylic acids is 1. The molecule has 0 bridgehead atoms. The SMILES string of the molecule is CCOC(=O)c1csc(-c2ccc(OCC)cc2)n1. The second-order valence-electron chi connectivity index (χ2n) is 3.72. The molecule has 5 heteroatoms. The maximum atomic E-state index is 11.5. The zero-order valence-electron chi connectivity index (χ0n) is 10.9. The Kier molecular flexibility index (Phi) is 4.52. The van der Waals surface area contributed by atoms with Gasteiger partial charge in [-0.05, 0) is 38.1 Å². The number of hydrogen-bond acceptors (Lipinski definition) is 5. The Hall–Kier alpha value is -1.88. The quantitative estimate of drug-likeness (QED) is 0.786. The van der Waals surface area contributed by atoms with Crippen LogP contribution in [0.15, 0.2) is 29.6 Å². The lowest BCUT2D eigenvalue weighted by Crippen LogP contribution is -2.04. The summed E-state index contributed by atoms with van der Waals surface area (Å²) in [6, 6.07) is 7.64. The highest BCUT2D eigenvalue weighted by Crippen LogP contribution is 2.26. The molecule has 0 saturated heterocycles. The summed E-state index contributed by atoms with van der Waals surface area (Å²) in [4.78, 5) is 15.8. The summed E-state index contributed by atoms with van der Waals surface area (Å²) in [6.07, 6.45) is 0. The van der Waals surface area contributed by atoms with Crippen molar-refractivity contribution in [1.29, 1.82) is 0 Å². The zero-order chi connectivity index (χ0) is 13.7. The van der Waals surface area contributed by atoms with E-state index >= 15 is 0 Å². The van der Waals surface area contributed by atoms with Crippen molar-refractivity contribution in [1.82, 2.24) is 4.98 Å².